The lowest BCUT2D eigenvalue weighted by Gasteiger charge is -2.26. The highest BCUT2D eigenvalue weighted by Crippen LogP contribution is 2.40. The molecule has 0 bridgehead atoms. The lowest BCUT2D eigenvalue weighted by atomic mass is 9.95. The molecule has 8 heteroatoms. The Balaban J connectivity index is 1.72. The quantitative estimate of drug-likeness (QED) is 0.315. The SMILES string of the molecule is COc1ccc(/C(O)=C2\C(=O)C(=O)N(CCCn3ccnc3)[C@H]2c2ccc(N(C)C)cc2)cc1. The first-order valence-electron chi connectivity index (χ1n) is 11.1. The van der Waals surface area contributed by atoms with Gasteiger partial charge in [-0.25, -0.2) is 4.98 Å². The molecule has 1 aliphatic heterocycles. The summed E-state index contributed by atoms with van der Waals surface area (Å²) >= 11 is 0. The zero-order valence-electron chi connectivity index (χ0n) is 19.5. The van der Waals surface area contributed by atoms with Crippen LogP contribution in [0.5, 0.6) is 5.75 Å². The maximum atomic E-state index is 13.1. The minimum atomic E-state index is -0.683. The van der Waals surface area contributed by atoms with Crippen LogP contribution in [0.3, 0.4) is 0 Å². The molecule has 3 aromatic rings. The van der Waals surface area contributed by atoms with Crippen LogP contribution in [-0.2, 0) is 16.1 Å². The highest BCUT2D eigenvalue weighted by atomic mass is 16.5. The van der Waals surface area contributed by atoms with Crippen molar-refractivity contribution in [3.05, 3.63) is 84.0 Å². The Morgan fingerprint density at radius 3 is 2.35 bits per heavy atom. The van der Waals surface area contributed by atoms with Gasteiger partial charge in [0.1, 0.15) is 11.5 Å². The van der Waals surface area contributed by atoms with Crippen molar-refractivity contribution in [2.24, 2.45) is 0 Å². The predicted octanol–water partition coefficient (Wildman–Crippen LogP) is 3.47. The number of rotatable bonds is 8. The van der Waals surface area contributed by atoms with E-state index >= 15 is 0 Å². The number of amides is 1. The highest BCUT2D eigenvalue weighted by Gasteiger charge is 2.45. The van der Waals surface area contributed by atoms with E-state index in [9.17, 15) is 14.7 Å². The van der Waals surface area contributed by atoms with E-state index in [4.69, 9.17) is 4.74 Å². The molecule has 2 aromatic carbocycles. The summed E-state index contributed by atoms with van der Waals surface area (Å²) in [6.45, 7) is 1.02. The third-order valence-electron chi connectivity index (χ3n) is 6.00. The van der Waals surface area contributed by atoms with Crippen LogP contribution in [-0.4, -0.2) is 59.0 Å². The van der Waals surface area contributed by atoms with Crippen LogP contribution in [0.4, 0.5) is 5.69 Å². The van der Waals surface area contributed by atoms with Crippen molar-refractivity contribution in [3.63, 3.8) is 0 Å². The molecule has 1 aromatic heterocycles. The molecule has 176 valence electrons. The molecular formula is C26H28N4O4. The molecule has 1 atom stereocenters. The van der Waals surface area contributed by atoms with E-state index in [1.165, 1.54) is 0 Å². The first-order chi connectivity index (χ1) is 16.4. The number of carbonyl (C=O) groups excluding carboxylic acids is 2. The number of Topliss-reactive ketones (excluding diaryl/α,β-unsaturated/α-hetero) is 1. The Bertz CT molecular complexity index is 1180. The van der Waals surface area contributed by atoms with Crippen molar-refractivity contribution in [2.75, 3.05) is 32.6 Å². The minimum absolute atomic E-state index is 0.0930. The van der Waals surface area contributed by atoms with Crippen LogP contribution >= 0.6 is 0 Å². The number of hydrogen-bond acceptors (Lipinski definition) is 6. The molecule has 0 radical (unpaired) electrons. The maximum Gasteiger partial charge on any atom is 0.295 e. The zero-order chi connectivity index (χ0) is 24.2. The second-order valence-electron chi connectivity index (χ2n) is 8.36. The van der Waals surface area contributed by atoms with Crippen LogP contribution < -0.4 is 9.64 Å². The third kappa shape index (κ3) is 4.52. The van der Waals surface area contributed by atoms with Gasteiger partial charge in [-0.15, -0.1) is 0 Å². The number of aryl methyl sites for hydroxylation is 1. The Morgan fingerprint density at radius 2 is 1.76 bits per heavy atom. The predicted molar refractivity (Wildman–Crippen MR) is 130 cm³/mol. The second kappa shape index (κ2) is 9.82. The van der Waals surface area contributed by atoms with Gasteiger partial charge in [0.25, 0.3) is 11.7 Å². The summed E-state index contributed by atoms with van der Waals surface area (Å²) in [7, 11) is 5.45. The van der Waals surface area contributed by atoms with Gasteiger partial charge >= 0.3 is 0 Å². The fourth-order valence-electron chi connectivity index (χ4n) is 4.16. The number of aliphatic hydroxyl groups is 1. The number of ether oxygens (including phenoxy) is 1. The summed E-state index contributed by atoms with van der Waals surface area (Å²) in [5.41, 5.74) is 2.31. The minimum Gasteiger partial charge on any atom is -0.507 e. The number of nitrogens with zero attached hydrogens (tertiary/aromatic N) is 4. The molecular weight excluding hydrogens is 432 g/mol. The average molecular weight is 461 g/mol. The summed E-state index contributed by atoms with van der Waals surface area (Å²) in [5.74, 6) is -0.854. The summed E-state index contributed by atoms with van der Waals surface area (Å²) in [6.07, 6.45) is 5.91. The van der Waals surface area contributed by atoms with Crippen molar-refractivity contribution in [1.29, 1.82) is 0 Å². The van der Waals surface area contributed by atoms with Gasteiger partial charge in [0.2, 0.25) is 0 Å². The molecule has 2 heterocycles. The number of methoxy groups -OCH3 is 1. The van der Waals surface area contributed by atoms with Crippen molar-refractivity contribution in [3.8, 4) is 5.75 Å². The number of carbonyl (C=O) groups is 2. The third-order valence-corrected chi connectivity index (χ3v) is 6.00. The fourth-order valence-corrected chi connectivity index (χ4v) is 4.16. The number of benzene rings is 2. The first-order valence-corrected chi connectivity index (χ1v) is 11.1. The van der Waals surface area contributed by atoms with Gasteiger partial charge in [0, 0.05) is 50.8 Å². The van der Waals surface area contributed by atoms with Crippen molar-refractivity contribution in [1.82, 2.24) is 14.5 Å². The Morgan fingerprint density at radius 1 is 1.06 bits per heavy atom. The molecule has 1 saturated heterocycles. The Labute approximate surface area is 198 Å². The van der Waals surface area contributed by atoms with Gasteiger partial charge in [-0.05, 0) is 48.4 Å². The number of anilines is 1. The number of aliphatic hydroxyl groups excluding tert-OH is 1. The summed E-state index contributed by atoms with van der Waals surface area (Å²) in [6, 6.07) is 13.8. The molecule has 0 spiro atoms. The van der Waals surface area contributed by atoms with E-state index < -0.39 is 17.7 Å². The lowest BCUT2D eigenvalue weighted by Crippen LogP contribution is -2.31. The number of ketones is 1. The van der Waals surface area contributed by atoms with Crippen LogP contribution in [0.1, 0.15) is 23.6 Å². The molecule has 0 unspecified atom stereocenters. The molecule has 8 nitrogen and oxygen atoms in total. The number of aromatic nitrogens is 2. The van der Waals surface area contributed by atoms with E-state index in [1.807, 2.05) is 54.0 Å². The van der Waals surface area contributed by atoms with Gasteiger partial charge in [-0.1, -0.05) is 12.1 Å². The summed E-state index contributed by atoms with van der Waals surface area (Å²) in [5, 5.41) is 11.2. The molecule has 0 aliphatic carbocycles. The second-order valence-corrected chi connectivity index (χ2v) is 8.36. The molecule has 1 fully saturated rings. The normalized spacial score (nSPS) is 17.3. The molecule has 4 rings (SSSR count). The van der Waals surface area contributed by atoms with Gasteiger partial charge in [-0.3, -0.25) is 9.59 Å². The van der Waals surface area contributed by atoms with E-state index in [2.05, 4.69) is 4.98 Å². The van der Waals surface area contributed by atoms with Crippen molar-refractivity contribution in [2.45, 2.75) is 19.0 Å². The average Bonchev–Trinajstić information content (AvgIpc) is 3.46. The number of likely N-dealkylation sites (tertiary alicyclic amines) is 1. The summed E-state index contributed by atoms with van der Waals surface area (Å²) < 4.78 is 7.11. The maximum absolute atomic E-state index is 13.1. The van der Waals surface area contributed by atoms with E-state index in [0.717, 1.165) is 11.3 Å². The molecule has 1 aliphatic rings. The van der Waals surface area contributed by atoms with Gasteiger partial charge in [0.15, 0.2) is 0 Å². The Hall–Kier alpha value is -4.07. The summed E-state index contributed by atoms with van der Waals surface area (Å²) in [4.78, 5) is 33.8. The molecule has 1 N–H and O–H groups in total. The molecule has 0 saturated carbocycles. The van der Waals surface area contributed by atoms with E-state index in [-0.39, 0.29) is 11.3 Å². The highest BCUT2D eigenvalue weighted by molar-refractivity contribution is 6.46. The Kier molecular flexibility index (Phi) is 6.67. The molecule has 34 heavy (non-hydrogen) atoms. The van der Waals surface area contributed by atoms with Crippen LogP contribution in [0.15, 0.2) is 72.8 Å². The van der Waals surface area contributed by atoms with Gasteiger partial charge < -0.3 is 24.2 Å². The number of imidazole rings is 1. The van der Waals surface area contributed by atoms with Crippen LogP contribution in [0.25, 0.3) is 5.76 Å². The van der Waals surface area contributed by atoms with Crippen molar-refractivity contribution < 1.29 is 19.4 Å². The van der Waals surface area contributed by atoms with Gasteiger partial charge in [0.05, 0.1) is 25.1 Å². The largest absolute Gasteiger partial charge is 0.507 e. The first kappa shape index (κ1) is 23.1. The monoisotopic (exact) mass is 460 g/mol. The smallest absolute Gasteiger partial charge is 0.295 e. The molecule has 1 amide bonds. The zero-order valence-corrected chi connectivity index (χ0v) is 19.5. The van der Waals surface area contributed by atoms with Crippen LogP contribution in [0.2, 0.25) is 0 Å². The number of hydrogen-bond donors (Lipinski definition) is 1. The van der Waals surface area contributed by atoms with E-state index in [0.29, 0.717) is 30.8 Å². The fraction of sp³-hybridized carbons (Fsp3) is 0.269. The standard InChI is InChI=1S/C26H28N4O4/c1-28(2)20-9-5-18(6-10-20)23-22(24(31)19-7-11-21(34-3)12-8-19)25(32)26(33)30(23)15-4-14-29-16-13-27-17-29/h5-13,16-17,23,31H,4,14-15H2,1-3H3/b24-22+/t23-/m0/s1. The van der Waals surface area contributed by atoms with Crippen molar-refractivity contribution >= 4 is 23.1 Å². The van der Waals surface area contributed by atoms with Gasteiger partial charge in [-0.2, -0.15) is 0 Å². The lowest BCUT2D eigenvalue weighted by molar-refractivity contribution is -0.139. The topological polar surface area (TPSA) is 87.9 Å². The van der Waals surface area contributed by atoms with E-state index in [1.54, 1.807) is 48.8 Å². The van der Waals surface area contributed by atoms with Crippen LogP contribution in [0, 0.1) is 0 Å².